The van der Waals surface area contributed by atoms with E-state index in [1.54, 1.807) is 7.11 Å². The van der Waals surface area contributed by atoms with Gasteiger partial charge in [-0.3, -0.25) is 0 Å². The zero-order valence-corrected chi connectivity index (χ0v) is 14.6. The van der Waals surface area contributed by atoms with Crippen molar-refractivity contribution in [1.82, 2.24) is 5.32 Å². The highest BCUT2D eigenvalue weighted by Gasteiger charge is 2.18. The summed E-state index contributed by atoms with van der Waals surface area (Å²) in [4.78, 5) is 0. The lowest BCUT2D eigenvalue weighted by molar-refractivity contribution is 0.194. The van der Waals surface area contributed by atoms with Crippen LogP contribution in [0.4, 0.5) is 0 Å². The maximum Gasteiger partial charge on any atom is 0.0587 e. The summed E-state index contributed by atoms with van der Waals surface area (Å²) >= 11 is 3.56. The monoisotopic (exact) mass is 341 g/mol. The molecule has 0 spiro atoms. The molecule has 0 aromatic heterocycles. The van der Waals surface area contributed by atoms with E-state index in [9.17, 15) is 0 Å². The summed E-state index contributed by atoms with van der Waals surface area (Å²) in [5.74, 6) is 1.47. The predicted molar refractivity (Wildman–Crippen MR) is 90.2 cm³/mol. The smallest absolute Gasteiger partial charge is 0.0587 e. The van der Waals surface area contributed by atoms with E-state index in [2.05, 4.69) is 59.4 Å². The van der Waals surface area contributed by atoms with E-state index < -0.39 is 0 Å². The zero-order valence-electron chi connectivity index (χ0n) is 13.0. The summed E-state index contributed by atoms with van der Waals surface area (Å²) in [6.45, 7) is 7.40. The summed E-state index contributed by atoms with van der Waals surface area (Å²) in [7, 11) is 1.75. The van der Waals surface area contributed by atoms with E-state index in [1.807, 2.05) is 0 Å². The van der Waals surface area contributed by atoms with Gasteiger partial charge in [-0.2, -0.15) is 0 Å². The molecule has 0 amide bonds. The van der Waals surface area contributed by atoms with Crippen molar-refractivity contribution in [3.63, 3.8) is 0 Å². The Labute approximate surface area is 132 Å². The summed E-state index contributed by atoms with van der Waals surface area (Å²) in [5.41, 5.74) is 1.42. The lowest BCUT2D eigenvalue weighted by atomic mass is 9.83. The number of methoxy groups -OCH3 is 1. The van der Waals surface area contributed by atoms with Gasteiger partial charge in [0.15, 0.2) is 0 Å². The normalized spacial score (nSPS) is 12.8. The van der Waals surface area contributed by atoms with Crippen molar-refractivity contribution in [1.29, 1.82) is 0 Å². The van der Waals surface area contributed by atoms with Crippen molar-refractivity contribution in [3.05, 3.63) is 34.3 Å². The molecule has 1 unspecified atom stereocenters. The van der Waals surface area contributed by atoms with Crippen LogP contribution in [-0.4, -0.2) is 26.8 Å². The van der Waals surface area contributed by atoms with Crippen LogP contribution in [0.1, 0.15) is 32.3 Å². The molecule has 2 nitrogen and oxygen atoms in total. The third-order valence-electron chi connectivity index (χ3n) is 3.99. The molecular formula is C17H28BrNO. The van der Waals surface area contributed by atoms with Crippen molar-refractivity contribution in [2.45, 2.75) is 33.1 Å². The maximum absolute atomic E-state index is 5.10. The molecule has 0 radical (unpaired) electrons. The molecule has 0 aliphatic carbocycles. The molecular weight excluding hydrogens is 314 g/mol. The highest BCUT2D eigenvalue weighted by molar-refractivity contribution is 9.10. The van der Waals surface area contributed by atoms with Crippen LogP contribution in [0.2, 0.25) is 0 Å². The lowest BCUT2D eigenvalue weighted by Gasteiger charge is -2.26. The first-order valence-electron chi connectivity index (χ1n) is 7.65. The Bertz CT molecular complexity index is 366. The van der Waals surface area contributed by atoms with E-state index in [-0.39, 0.29) is 0 Å². The van der Waals surface area contributed by atoms with E-state index in [0.717, 1.165) is 32.0 Å². The third kappa shape index (κ3) is 6.38. The molecule has 0 aliphatic rings. The van der Waals surface area contributed by atoms with Crippen molar-refractivity contribution in [2.24, 2.45) is 11.8 Å². The van der Waals surface area contributed by atoms with Gasteiger partial charge in [0.25, 0.3) is 0 Å². The molecule has 0 bridgehead atoms. The summed E-state index contributed by atoms with van der Waals surface area (Å²) < 4.78 is 6.27. The number of hydrogen-bond acceptors (Lipinski definition) is 2. The van der Waals surface area contributed by atoms with Crippen LogP contribution in [0.3, 0.4) is 0 Å². The molecule has 0 heterocycles. The van der Waals surface area contributed by atoms with E-state index in [1.165, 1.54) is 22.9 Å². The van der Waals surface area contributed by atoms with Gasteiger partial charge in [-0.15, -0.1) is 0 Å². The Balaban J connectivity index is 2.61. The molecule has 0 aliphatic heterocycles. The number of rotatable bonds is 10. The molecule has 1 aromatic carbocycles. The maximum atomic E-state index is 5.10. The minimum atomic E-state index is 0.691. The van der Waals surface area contributed by atoms with Crippen molar-refractivity contribution in [3.8, 4) is 0 Å². The summed E-state index contributed by atoms with van der Waals surface area (Å²) in [6.07, 6.45) is 3.65. The van der Waals surface area contributed by atoms with Crippen molar-refractivity contribution in [2.75, 3.05) is 26.8 Å². The fraction of sp³-hybridized carbons (Fsp3) is 0.647. The average Bonchev–Trinajstić information content (AvgIpc) is 2.44. The number of halogens is 1. The zero-order chi connectivity index (χ0) is 14.8. The highest BCUT2D eigenvalue weighted by atomic mass is 79.9. The standard InChI is InChI=1S/C17H28BrNO/c1-4-15(5-2)16(13-19-9-10-20-3)11-14-7-6-8-17(18)12-14/h6-8,12,15-16,19H,4-5,9-11,13H2,1-3H3. The number of benzene rings is 1. The Kier molecular flexibility index (Phi) is 9.16. The summed E-state index contributed by atoms with van der Waals surface area (Å²) in [5, 5.41) is 3.53. The predicted octanol–water partition coefficient (Wildman–Crippen LogP) is 4.28. The van der Waals surface area contributed by atoms with Crippen molar-refractivity contribution < 1.29 is 4.74 Å². The van der Waals surface area contributed by atoms with Gasteiger partial charge < -0.3 is 10.1 Å². The van der Waals surface area contributed by atoms with E-state index in [4.69, 9.17) is 4.74 Å². The van der Waals surface area contributed by atoms with E-state index in [0.29, 0.717) is 5.92 Å². The SMILES string of the molecule is CCC(CC)C(CNCCOC)Cc1cccc(Br)c1. The first-order valence-corrected chi connectivity index (χ1v) is 8.44. The largest absolute Gasteiger partial charge is 0.383 e. The first kappa shape index (κ1) is 17.7. The molecule has 20 heavy (non-hydrogen) atoms. The average molecular weight is 342 g/mol. The second-order valence-electron chi connectivity index (χ2n) is 5.37. The molecule has 0 saturated carbocycles. The molecule has 114 valence electrons. The van der Waals surface area contributed by atoms with Gasteiger partial charge in [-0.25, -0.2) is 0 Å². The number of ether oxygens (including phenoxy) is 1. The van der Waals surface area contributed by atoms with Gasteiger partial charge in [0.05, 0.1) is 6.61 Å². The minimum absolute atomic E-state index is 0.691. The van der Waals surface area contributed by atoms with Gasteiger partial charge in [-0.05, 0) is 42.5 Å². The number of nitrogens with one attached hydrogen (secondary N) is 1. The van der Waals surface area contributed by atoms with Crippen LogP contribution >= 0.6 is 15.9 Å². The minimum Gasteiger partial charge on any atom is -0.383 e. The van der Waals surface area contributed by atoms with Gasteiger partial charge in [0, 0.05) is 18.1 Å². The Hall–Kier alpha value is -0.380. The quantitative estimate of drug-likeness (QED) is 0.641. The second-order valence-corrected chi connectivity index (χ2v) is 6.28. The van der Waals surface area contributed by atoms with Crippen molar-refractivity contribution >= 4 is 15.9 Å². The van der Waals surface area contributed by atoms with Crippen LogP contribution in [0.5, 0.6) is 0 Å². The van der Waals surface area contributed by atoms with E-state index >= 15 is 0 Å². The van der Waals surface area contributed by atoms with Crippen LogP contribution in [0, 0.1) is 11.8 Å². The highest BCUT2D eigenvalue weighted by Crippen LogP contribution is 2.24. The summed E-state index contributed by atoms with van der Waals surface area (Å²) in [6, 6.07) is 8.69. The Morgan fingerprint density at radius 1 is 1.20 bits per heavy atom. The third-order valence-corrected chi connectivity index (χ3v) is 4.49. The van der Waals surface area contributed by atoms with Gasteiger partial charge in [0.1, 0.15) is 0 Å². The van der Waals surface area contributed by atoms with Gasteiger partial charge >= 0.3 is 0 Å². The van der Waals surface area contributed by atoms with Crippen LogP contribution in [0.15, 0.2) is 28.7 Å². The lowest BCUT2D eigenvalue weighted by Crippen LogP contribution is -2.31. The fourth-order valence-electron chi connectivity index (χ4n) is 2.79. The topological polar surface area (TPSA) is 21.3 Å². The van der Waals surface area contributed by atoms with Crippen LogP contribution in [-0.2, 0) is 11.2 Å². The Morgan fingerprint density at radius 3 is 2.55 bits per heavy atom. The molecule has 3 heteroatoms. The molecule has 0 saturated heterocycles. The molecule has 1 aromatic rings. The fourth-order valence-corrected chi connectivity index (χ4v) is 3.24. The number of hydrogen-bond donors (Lipinski definition) is 1. The molecule has 1 rings (SSSR count). The van der Waals surface area contributed by atoms with Crippen LogP contribution in [0.25, 0.3) is 0 Å². The molecule has 1 atom stereocenters. The van der Waals surface area contributed by atoms with Gasteiger partial charge in [-0.1, -0.05) is 54.8 Å². The second kappa shape index (κ2) is 10.4. The van der Waals surface area contributed by atoms with Crippen LogP contribution < -0.4 is 5.32 Å². The Morgan fingerprint density at radius 2 is 1.95 bits per heavy atom. The first-order chi connectivity index (χ1) is 9.71. The molecule has 1 N–H and O–H groups in total. The molecule has 0 fully saturated rings. The van der Waals surface area contributed by atoms with Gasteiger partial charge in [0.2, 0.25) is 0 Å².